The third kappa shape index (κ3) is 6.75. The van der Waals surface area contributed by atoms with Crippen molar-refractivity contribution in [1.82, 2.24) is 4.90 Å². The van der Waals surface area contributed by atoms with E-state index in [-0.39, 0.29) is 5.92 Å². The highest BCUT2D eigenvalue weighted by atomic mass is 32.3. The molecule has 0 bridgehead atoms. The number of ether oxygens (including phenoxy) is 1. The van der Waals surface area contributed by atoms with Crippen molar-refractivity contribution in [3.63, 3.8) is 0 Å². The van der Waals surface area contributed by atoms with Gasteiger partial charge in [-0.05, 0) is 46.0 Å². The molecule has 1 heterocycles. The zero-order chi connectivity index (χ0) is 14.7. The van der Waals surface area contributed by atoms with Gasteiger partial charge in [0.1, 0.15) is 5.60 Å². The number of likely N-dealkylation sites (tertiary alicyclic amines) is 1. The highest BCUT2D eigenvalue weighted by Gasteiger charge is 2.27. The SMILES string of the molecule is CC(C)(C)OC(=O)N1CCC[C@@H](CS(=O)(=O)F)CC1. The molecule has 0 radical (unpaired) electrons. The van der Waals surface area contributed by atoms with Crippen molar-refractivity contribution in [3.05, 3.63) is 0 Å². The molecule has 112 valence electrons. The molecule has 1 aliphatic rings. The Kier molecular flexibility index (Phi) is 5.18. The summed E-state index contributed by atoms with van der Waals surface area (Å²) in [5.74, 6) is -0.669. The first-order valence-corrected chi connectivity index (χ1v) is 8.02. The molecule has 1 fully saturated rings. The van der Waals surface area contributed by atoms with Gasteiger partial charge in [-0.15, -0.1) is 3.89 Å². The number of nitrogens with zero attached hydrogens (tertiary/aromatic N) is 1. The lowest BCUT2D eigenvalue weighted by atomic mass is 10.0. The van der Waals surface area contributed by atoms with Crippen molar-refractivity contribution in [1.29, 1.82) is 0 Å². The third-order valence-electron chi connectivity index (χ3n) is 2.93. The van der Waals surface area contributed by atoms with Crippen LogP contribution in [0.4, 0.5) is 8.68 Å². The molecule has 0 saturated carbocycles. The van der Waals surface area contributed by atoms with Crippen LogP contribution >= 0.6 is 0 Å². The summed E-state index contributed by atoms with van der Waals surface area (Å²) in [5, 5.41) is 0. The molecular formula is C12H22FNO4S. The maximum Gasteiger partial charge on any atom is 0.410 e. The van der Waals surface area contributed by atoms with Gasteiger partial charge in [-0.1, -0.05) is 0 Å². The molecule has 0 aromatic rings. The van der Waals surface area contributed by atoms with Crippen LogP contribution in [-0.2, 0) is 15.0 Å². The number of hydrogen-bond acceptors (Lipinski definition) is 4. The van der Waals surface area contributed by atoms with E-state index in [2.05, 4.69) is 0 Å². The quantitative estimate of drug-likeness (QED) is 0.733. The van der Waals surface area contributed by atoms with Gasteiger partial charge in [-0.3, -0.25) is 0 Å². The van der Waals surface area contributed by atoms with Crippen LogP contribution in [-0.4, -0.2) is 43.9 Å². The van der Waals surface area contributed by atoms with Gasteiger partial charge in [0.15, 0.2) is 0 Å². The van der Waals surface area contributed by atoms with Crippen LogP contribution in [0.5, 0.6) is 0 Å². The number of carbonyl (C=O) groups excluding carboxylic acids is 1. The fourth-order valence-corrected chi connectivity index (χ4v) is 3.02. The Hall–Kier alpha value is -0.850. The van der Waals surface area contributed by atoms with Crippen molar-refractivity contribution in [3.8, 4) is 0 Å². The summed E-state index contributed by atoms with van der Waals surface area (Å²) in [5.41, 5.74) is -0.551. The first kappa shape index (κ1) is 16.2. The maximum absolute atomic E-state index is 12.7. The van der Waals surface area contributed by atoms with Crippen molar-refractivity contribution in [2.75, 3.05) is 18.8 Å². The Morgan fingerprint density at radius 3 is 2.47 bits per heavy atom. The first-order chi connectivity index (χ1) is 8.57. The molecule has 7 heteroatoms. The van der Waals surface area contributed by atoms with E-state index in [1.165, 1.54) is 0 Å². The van der Waals surface area contributed by atoms with Gasteiger partial charge in [0.25, 0.3) is 0 Å². The fraction of sp³-hybridized carbons (Fsp3) is 0.917. The molecule has 0 aromatic carbocycles. The minimum Gasteiger partial charge on any atom is -0.444 e. The van der Waals surface area contributed by atoms with Crippen molar-refractivity contribution >= 4 is 16.3 Å². The van der Waals surface area contributed by atoms with E-state index in [4.69, 9.17) is 4.74 Å². The first-order valence-electron chi connectivity index (χ1n) is 6.47. The molecule has 0 unspecified atom stereocenters. The number of carbonyl (C=O) groups is 1. The molecule has 1 atom stereocenters. The van der Waals surface area contributed by atoms with E-state index < -0.39 is 27.7 Å². The van der Waals surface area contributed by atoms with Gasteiger partial charge in [-0.25, -0.2) is 4.79 Å². The third-order valence-corrected chi connectivity index (χ3v) is 3.80. The van der Waals surface area contributed by atoms with Crippen LogP contribution in [0.2, 0.25) is 0 Å². The van der Waals surface area contributed by atoms with Gasteiger partial charge in [0, 0.05) is 13.1 Å². The van der Waals surface area contributed by atoms with Crippen LogP contribution < -0.4 is 0 Å². The average Bonchev–Trinajstić information content (AvgIpc) is 2.38. The van der Waals surface area contributed by atoms with Crippen LogP contribution in [0.25, 0.3) is 0 Å². The highest BCUT2D eigenvalue weighted by molar-refractivity contribution is 7.86. The van der Waals surface area contributed by atoms with Crippen LogP contribution in [0.3, 0.4) is 0 Å². The summed E-state index contributed by atoms with van der Waals surface area (Å²) in [6.45, 7) is 6.32. The van der Waals surface area contributed by atoms with Crippen LogP contribution in [0.1, 0.15) is 40.0 Å². The minimum atomic E-state index is -4.44. The zero-order valence-electron chi connectivity index (χ0n) is 11.7. The van der Waals surface area contributed by atoms with E-state index in [9.17, 15) is 17.1 Å². The number of halogens is 1. The van der Waals surface area contributed by atoms with Crippen molar-refractivity contribution < 1.29 is 21.8 Å². The van der Waals surface area contributed by atoms with Crippen LogP contribution in [0, 0.1) is 5.92 Å². The van der Waals surface area contributed by atoms with Crippen LogP contribution in [0.15, 0.2) is 0 Å². The fourth-order valence-electron chi connectivity index (χ4n) is 2.12. The Bertz CT molecular complexity index is 416. The lowest BCUT2D eigenvalue weighted by Crippen LogP contribution is -2.37. The molecule has 1 saturated heterocycles. The Balaban J connectivity index is 2.52. The van der Waals surface area contributed by atoms with Gasteiger partial charge in [0.05, 0.1) is 5.75 Å². The smallest absolute Gasteiger partial charge is 0.410 e. The predicted molar refractivity (Wildman–Crippen MR) is 70.0 cm³/mol. The van der Waals surface area contributed by atoms with E-state index in [0.29, 0.717) is 32.4 Å². The summed E-state index contributed by atoms with van der Waals surface area (Å²) >= 11 is 0. The molecule has 1 rings (SSSR count). The summed E-state index contributed by atoms with van der Waals surface area (Å²) in [6, 6.07) is 0. The van der Waals surface area contributed by atoms with E-state index in [1.54, 1.807) is 25.7 Å². The van der Waals surface area contributed by atoms with E-state index >= 15 is 0 Å². The number of hydrogen-bond donors (Lipinski definition) is 0. The molecule has 0 spiro atoms. The second kappa shape index (κ2) is 6.07. The average molecular weight is 295 g/mol. The second-order valence-corrected chi connectivity index (χ2v) is 7.38. The molecule has 0 aromatic heterocycles. The summed E-state index contributed by atoms with van der Waals surface area (Å²) in [7, 11) is -4.44. The number of amides is 1. The minimum absolute atomic E-state index is 0.220. The molecular weight excluding hydrogens is 273 g/mol. The molecule has 19 heavy (non-hydrogen) atoms. The Morgan fingerprint density at radius 1 is 1.32 bits per heavy atom. The molecule has 5 nitrogen and oxygen atoms in total. The Labute approximate surface area is 114 Å². The second-order valence-electron chi connectivity index (χ2n) is 5.97. The monoisotopic (exact) mass is 295 g/mol. The topological polar surface area (TPSA) is 63.7 Å². The van der Waals surface area contributed by atoms with E-state index in [1.807, 2.05) is 0 Å². The molecule has 1 amide bonds. The standard InChI is InChI=1S/C12H22FNO4S/c1-12(2,3)18-11(15)14-7-4-5-10(6-8-14)9-19(13,16)17/h10H,4-9H2,1-3H3/t10-/m1/s1. The van der Waals surface area contributed by atoms with Gasteiger partial charge < -0.3 is 9.64 Å². The summed E-state index contributed by atoms with van der Waals surface area (Å²) < 4.78 is 39.2. The normalized spacial score (nSPS) is 21.9. The molecule has 0 N–H and O–H groups in total. The molecule has 0 aliphatic carbocycles. The van der Waals surface area contributed by atoms with E-state index in [0.717, 1.165) is 0 Å². The summed E-state index contributed by atoms with van der Waals surface area (Å²) in [4.78, 5) is 13.4. The maximum atomic E-state index is 12.7. The van der Waals surface area contributed by atoms with Gasteiger partial charge in [0.2, 0.25) is 0 Å². The lowest BCUT2D eigenvalue weighted by Gasteiger charge is -2.26. The largest absolute Gasteiger partial charge is 0.444 e. The lowest BCUT2D eigenvalue weighted by molar-refractivity contribution is 0.0255. The van der Waals surface area contributed by atoms with Crippen molar-refractivity contribution in [2.45, 2.75) is 45.6 Å². The molecule has 1 aliphatic heterocycles. The Morgan fingerprint density at radius 2 is 1.95 bits per heavy atom. The van der Waals surface area contributed by atoms with Gasteiger partial charge in [-0.2, -0.15) is 8.42 Å². The number of rotatable bonds is 2. The summed E-state index contributed by atoms with van der Waals surface area (Å²) in [6.07, 6.45) is 1.38. The highest BCUT2D eigenvalue weighted by Crippen LogP contribution is 2.21. The predicted octanol–water partition coefficient (Wildman–Crippen LogP) is 2.32. The van der Waals surface area contributed by atoms with Gasteiger partial charge >= 0.3 is 16.3 Å². The zero-order valence-corrected chi connectivity index (χ0v) is 12.5. The van der Waals surface area contributed by atoms with Crippen molar-refractivity contribution in [2.24, 2.45) is 5.92 Å².